The number of nitrogens with zero attached hydrogens (tertiary/aromatic N) is 1. The summed E-state index contributed by atoms with van der Waals surface area (Å²) in [6.45, 7) is 3.25. The van der Waals surface area contributed by atoms with Crippen LogP contribution in [0.4, 0.5) is 18.9 Å². The number of hydrogen-bond donors (Lipinski definition) is 1. The van der Waals surface area contributed by atoms with Gasteiger partial charge >= 0.3 is 6.18 Å². The number of nitrogens with two attached hydrogens (primary N) is 1. The number of anilines is 1. The van der Waals surface area contributed by atoms with Gasteiger partial charge in [-0.2, -0.15) is 13.2 Å². The lowest BCUT2D eigenvalue weighted by molar-refractivity contribution is -0.137. The van der Waals surface area contributed by atoms with Crippen LogP contribution in [0.1, 0.15) is 35.6 Å². The summed E-state index contributed by atoms with van der Waals surface area (Å²) < 4.78 is 46.9. The molecule has 0 saturated carbocycles. The Labute approximate surface area is 250 Å². The van der Waals surface area contributed by atoms with E-state index in [9.17, 15) is 13.2 Å². The number of rotatable bonds is 10. The molecule has 40 heavy (non-hydrogen) atoms. The zero-order valence-electron chi connectivity index (χ0n) is 21.9. The van der Waals surface area contributed by atoms with Gasteiger partial charge < -0.3 is 10.5 Å². The number of alkyl halides is 3. The number of benzene rings is 4. The summed E-state index contributed by atoms with van der Waals surface area (Å²) >= 11 is 6.35. The Balaban J connectivity index is 0.00000280. The van der Waals surface area contributed by atoms with E-state index in [0.717, 1.165) is 17.2 Å². The Kier molecular flexibility index (Phi) is 12.2. The first-order valence-corrected chi connectivity index (χ1v) is 12.8. The van der Waals surface area contributed by atoms with Crippen LogP contribution in [-0.2, 0) is 18.3 Å². The minimum Gasteiger partial charge on any atom is -0.493 e. The van der Waals surface area contributed by atoms with E-state index >= 15 is 0 Å². The lowest BCUT2D eigenvalue weighted by Gasteiger charge is -2.43. The van der Waals surface area contributed by atoms with Crippen molar-refractivity contribution in [1.29, 1.82) is 0 Å². The van der Waals surface area contributed by atoms with E-state index in [2.05, 4.69) is 11.8 Å². The molecule has 2 N–H and O–H groups in total. The van der Waals surface area contributed by atoms with Crippen LogP contribution in [0.3, 0.4) is 0 Å². The van der Waals surface area contributed by atoms with Crippen molar-refractivity contribution in [2.45, 2.75) is 31.6 Å². The topological polar surface area (TPSA) is 38.5 Å². The van der Waals surface area contributed by atoms with Gasteiger partial charge in [-0.15, -0.1) is 24.8 Å². The Hall–Kier alpha value is -2.90. The van der Waals surface area contributed by atoms with E-state index in [4.69, 9.17) is 22.1 Å². The highest BCUT2D eigenvalue weighted by Crippen LogP contribution is 2.40. The normalized spacial score (nSPS) is 11.4. The molecule has 0 saturated heterocycles. The molecular formula is C31H32Cl3F3N2O. The average molecular weight is 612 g/mol. The molecule has 4 aromatic carbocycles. The Morgan fingerprint density at radius 3 is 1.93 bits per heavy atom. The van der Waals surface area contributed by atoms with Gasteiger partial charge in [0.1, 0.15) is 5.75 Å². The largest absolute Gasteiger partial charge is 0.493 e. The average Bonchev–Trinajstić information content (AvgIpc) is 2.91. The molecule has 0 spiro atoms. The maximum atomic E-state index is 13.6. The molecule has 0 fully saturated rings. The van der Waals surface area contributed by atoms with Crippen LogP contribution < -0.4 is 10.5 Å². The molecule has 0 aromatic heterocycles. The van der Waals surface area contributed by atoms with E-state index in [0.29, 0.717) is 36.6 Å². The van der Waals surface area contributed by atoms with Crippen LogP contribution in [0.25, 0.3) is 0 Å². The fraction of sp³-hybridized carbons (Fsp3) is 0.226. The molecule has 0 unspecified atom stereocenters. The summed E-state index contributed by atoms with van der Waals surface area (Å²) in [7, 11) is 0. The minimum atomic E-state index is -4.54. The standard InChI is InChI=1S/C31H30ClF3N2O.2ClH/c1-30(24-12-4-2-5-13-24,25-14-6-3-7-15-25)37(19-10-20-38-27-17-9-16-26(36)21-27)22-23-11-8-18-28(29(23)32)31(33,34)35;;/h2-9,11-18,21H,10,19-20,22,36H2,1H3;2*1H. The molecule has 0 amide bonds. The van der Waals surface area contributed by atoms with Crippen LogP contribution in [0.2, 0.25) is 5.02 Å². The van der Waals surface area contributed by atoms with Gasteiger partial charge in [0.05, 0.1) is 22.7 Å². The first kappa shape index (κ1) is 33.3. The van der Waals surface area contributed by atoms with Crippen molar-refractivity contribution in [3.8, 4) is 5.75 Å². The lowest BCUT2D eigenvalue weighted by Crippen LogP contribution is -2.45. The zero-order valence-corrected chi connectivity index (χ0v) is 24.3. The Morgan fingerprint density at radius 1 is 0.800 bits per heavy atom. The van der Waals surface area contributed by atoms with E-state index in [-0.39, 0.29) is 36.4 Å². The maximum absolute atomic E-state index is 13.6. The van der Waals surface area contributed by atoms with Crippen molar-refractivity contribution in [3.05, 3.63) is 130 Å². The third-order valence-corrected chi connectivity index (χ3v) is 7.20. The van der Waals surface area contributed by atoms with Crippen molar-refractivity contribution in [2.24, 2.45) is 0 Å². The lowest BCUT2D eigenvalue weighted by atomic mass is 9.82. The second-order valence-corrected chi connectivity index (χ2v) is 9.65. The summed E-state index contributed by atoms with van der Waals surface area (Å²) in [5.74, 6) is 0.673. The molecule has 0 atom stereocenters. The molecular weight excluding hydrogens is 580 g/mol. The maximum Gasteiger partial charge on any atom is 0.417 e. The quantitative estimate of drug-likeness (QED) is 0.144. The summed E-state index contributed by atoms with van der Waals surface area (Å²) in [4.78, 5) is 2.17. The monoisotopic (exact) mass is 610 g/mol. The first-order chi connectivity index (χ1) is 18.2. The van der Waals surface area contributed by atoms with Crippen LogP contribution in [-0.4, -0.2) is 18.1 Å². The van der Waals surface area contributed by atoms with Crippen molar-refractivity contribution in [3.63, 3.8) is 0 Å². The van der Waals surface area contributed by atoms with Crippen LogP contribution >= 0.6 is 36.4 Å². The molecule has 4 rings (SSSR count). The fourth-order valence-corrected chi connectivity index (χ4v) is 4.99. The van der Waals surface area contributed by atoms with Crippen LogP contribution in [0.5, 0.6) is 5.75 Å². The predicted octanol–water partition coefficient (Wildman–Crippen LogP) is 9.02. The zero-order chi connectivity index (χ0) is 27.2. The van der Waals surface area contributed by atoms with Gasteiger partial charge in [-0.3, -0.25) is 4.90 Å². The number of nitrogen functional groups attached to an aromatic ring is 1. The van der Waals surface area contributed by atoms with Crippen molar-refractivity contribution >= 4 is 42.1 Å². The molecule has 0 heterocycles. The van der Waals surface area contributed by atoms with Crippen LogP contribution in [0, 0.1) is 0 Å². The SMILES string of the molecule is CC(c1ccccc1)(c1ccccc1)N(CCCOc1cccc(N)c1)Cc1cccc(C(F)(F)F)c1Cl.Cl.Cl. The number of halogens is 6. The molecule has 0 aliphatic carbocycles. The van der Waals surface area contributed by atoms with E-state index in [1.54, 1.807) is 18.2 Å². The van der Waals surface area contributed by atoms with Crippen molar-refractivity contribution in [2.75, 3.05) is 18.9 Å². The number of ether oxygens (including phenoxy) is 1. The van der Waals surface area contributed by atoms with Gasteiger partial charge in [0.2, 0.25) is 0 Å². The second kappa shape index (κ2) is 14.6. The molecule has 0 aliphatic rings. The Morgan fingerprint density at radius 2 is 1.38 bits per heavy atom. The fourth-order valence-electron chi connectivity index (χ4n) is 4.69. The molecule has 0 radical (unpaired) electrons. The third kappa shape index (κ3) is 7.85. The van der Waals surface area contributed by atoms with E-state index in [1.165, 1.54) is 6.07 Å². The molecule has 4 aromatic rings. The highest BCUT2D eigenvalue weighted by atomic mass is 35.5. The minimum absolute atomic E-state index is 0. The van der Waals surface area contributed by atoms with Gasteiger partial charge in [0.25, 0.3) is 0 Å². The van der Waals surface area contributed by atoms with Gasteiger partial charge in [-0.25, -0.2) is 0 Å². The smallest absolute Gasteiger partial charge is 0.417 e. The second-order valence-electron chi connectivity index (χ2n) is 9.28. The summed E-state index contributed by atoms with van der Waals surface area (Å²) in [5.41, 5.74) is 7.44. The van der Waals surface area contributed by atoms with Crippen LogP contribution in [0.15, 0.2) is 103 Å². The molecule has 9 heteroatoms. The highest BCUT2D eigenvalue weighted by molar-refractivity contribution is 6.32. The van der Waals surface area contributed by atoms with Gasteiger partial charge in [0, 0.05) is 24.8 Å². The molecule has 0 bridgehead atoms. The molecule has 3 nitrogen and oxygen atoms in total. The summed E-state index contributed by atoms with van der Waals surface area (Å²) in [6, 6.07) is 31.2. The van der Waals surface area contributed by atoms with Gasteiger partial charge in [-0.05, 0) is 48.2 Å². The molecule has 0 aliphatic heterocycles. The highest BCUT2D eigenvalue weighted by Gasteiger charge is 2.37. The molecule has 214 valence electrons. The Bertz CT molecular complexity index is 1300. The van der Waals surface area contributed by atoms with Crippen molar-refractivity contribution < 1.29 is 17.9 Å². The first-order valence-electron chi connectivity index (χ1n) is 12.4. The van der Waals surface area contributed by atoms with E-state index < -0.39 is 17.3 Å². The predicted molar refractivity (Wildman–Crippen MR) is 162 cm³/mol. The summed E-state index contributed by atoms with van der Waals surface area (Å²) in [5, 5.41) is -0.274. The third-order valence-electron chi connectivity index (χ3n) is 6.75. The van der Waals surface area contributed by atoms with Crippen molar-refractivity contribution in [1.82, 2.24) is 4.90 Å². The summed E-state index contributed by atoms with van der Waals surface area (Å²) in [6.07, 6.45) is -3.91. The van der Waals surface area contributed by atoms with Gasteiger partial charge in [0.15, 0.2) is 0 Å². The van der Waals surface area contributed by atoms with Gasteiger partial charge in [-0.1, -0.05) is 90.5 Å². The number of hydrogen-bond acceptors (Lipinski definition) is 3. The van der Waals surface area contributed by atoms with E-state index in [1.807, 2.05) is 72.8 Å².